The van der Waals surface area contributed by atoms with Crippen LogP contribution in [-0.2, 0) is 9.53 Å². The van der Waals surface area contributed by atoms with E-state index in [9.17, 15) is 4.79 Å². The minimum atomic E-state index is 0.146. The summed E-state index contributed by atoms with van der Waals surface area (Å²) in [6.07, 6.45) is 1.08. The number of hydrogen-bond acceptors (Lipinski definition) is 3. The summed E-state index contributed by atoms with van der Waals surface area (Å²) in [5, 5.41) is 2.81. The van der Waals surface area contributed by atoms with E-state index in [1.165, 1.54) is 0 Å². The number of hydrogen-bond donors (Lipinski definition) is 1. The molecule has 0 radical (unpaired) electrons. The molecule has 4 heteroatoms. The van der Waals surface area contributed by atoms with E-state index in [1.54, 1.807) is 0 Å². The van der Waals surface area contributed by atoms with Crippen molar-refractivity contribution < 1.29 is 9.53 Å². The predicted octanol–water partition coefficient (Wildman–Crippen LogP) is -0.793. The van der Waals surface area contributed by atoms with E-state index in [0.717, 1.165) is 32.7 Å². The third-order valence-corrected chi connectivity index (χ3v) is 2.49. The van der Waals surface area contributed by atoms with Crippen molar-refractivity contribution >= 4 is 5.91 Å². The quantitative estimate of drug-likeness (QED) is 0.560. The van der Waals surface area contributed by atoms with Crippen molar-refractivity contribution in [2.24, 2.45) is 0 Å². The fourth-order valence-electron chi connectivity index (χ4n) is 1.78. The highest BCUT2D eigenvalue weighted by atomic mass is 16.5. The highest BCUT2D eigenvalue weighted by Crippen LogP contribution is 2.12. The van der Waals surface area contributed by atoms with Gasteiger partial charge < -0.3 is 10.1 Å². The Morgan fingerprint density at radius 2 is 2.50 bits per heavy atom. The molecule has 0 bridgehead atoms. The summed E-state index contributed by atoms with van der Waals surface area (Å²) >= 11 is 0. The molecule has 68 valence electrons. The topological polar surface area (TPSA) is 41.6 Å². The van der Waals surface area contributed by atoms with Gasteiger partial charge >= 0.3 is 0 Å². The number of piperazine rings is 1. The van der Waals surface area contributed by atoms with Gasteiger partial charge in [-0.15, -0.1) is 0 Å². The molecule has 2 aliphatic rings. The van der Waals surface area contributed by atoms with Crippen LogP contribution in [0.15, 0.2) is 0 Å². The SMILES string of the molecule is O=C1CN(C2CCOC2)CCN1. The van der Waals surface area contributed by atoms with Crippen molar-refractivity contribution in [3.05, 3.63) is 0 Å². The van der Waals surface area contributed by atoms with E-state index in [4.69, 9.17) is 4.74 Å². The fraction of sp³-hybridized carbons (Fsp3) is 0.875. The maximum Gasteiger partial charge on any atom is 0.234 e. The van der Waals surface area contributed by atoms with Crippen molar-refractivity contribution in [1.29, 1.82) is 0 Å². The molecule has 1 N–H and O–H groups in total. The van der Waals surface area contributed by atoms with Crippen molar-refractivity contribution in [2.45, 2.75) is 12.5 Å². The van der Waals surface area contributed by atoms with Gasteiger partial charge in [-0.2, -0.15) is 0 Å². The standard InChI is InChI=1S/C8H14N2O2/c11-8-5-10(3-2-9-8)7-1-4-12-6-7/h7H,1-6H2,(H,9,11). The second-order valence-electron chi connectivity index (χ2n) is 3.34. The van der Waals surface area contributed by atoms with E-state index in [0.29, 0.717) is 12.6 Å². The largest absolute Gasteiger partial charge is 0.380 e. The van der Waals surface area contributed by atoms with E-state index in [-0.39, 0.29) is 5.91 Å². The van der Waals surface area contributed by atoms with E-state index < -0.39 is 0 Å². The number of amides is 1. The summed E-state index contributed by atoms with van der Waals surface area (Å²) in [7, 11) is 0. The second kappa shape index (κ2) is 3.41. The molecule has 2 rings (SSSR count). The van der Waals surface area contributed by atoms with Gasteiger partial charge in [-0.25, -0.2) is 0 Å². The smallest absolute Gasteiger partial charge is 0.234 e. The Hall–Kier alpha value is -0.610. The lowest BCUT2D eigenvalue weighted by molar-refractivity contribution is -0.124. The van der Waals surface area contributed by atoms with Crippen molar-refractivity contribution in [3.8, 4) is 0 Å². The van der Waals surface area contributed by atoms with Gasteiger partial charge in [0.1, 0.15) is 0 Å². The molecular weight excluding hydrogens is 156 g/mol. The Bertz CT molecular complexity index is 178. The summed E-state index contributed by atoms with van der Waals surface area (Å²) < 4.78 is 5.27. The highest BCUT2D eigenvalue weighted by molar-refractivity contribution is 5.78. The lowest BCUT2D eigenvalue weighted by atomic mass is 10.2. The van der Waals surface area contributed by atoms with E-state index >= 15 is 0 Å². The molecule has 0 aromatic rings. The predicted molar refractivity (Wildman–Crippen MR) is 43.8 cm³/mol. The van der Waals surface area contributed by atoms with Gasteiger partial charge in [-0.3, -0.25) is 9.69 Å². The van der Waals surface area contributed by atoms with Crippen molar-refractivity contribution in [2.75, 3.05) is 32.8 Å². The third-order valence-electron chi connectivity index (χ3n) is 2.49. The normalized spacial score (nSPS) is 32.0. The first kappa shape index (κ1) is 8.01. The highest BCUT2D eigenvalue weighted by Gasteiger charge is 2.26. The van der Waals surface area contributed by atoms with Gasteiger partial charge in [-0.1, -0.05) is 0 Å². The first-order valence-corrected chi connectivity index (χ1v) is 4.45. The minimum absolute atomic E-state index is 0.146. The van der Waals surface area contributed by atoms with E-state index in [1.807, 2.05) is 0 Å². The van der Waals surface area contributed by atoms with Gasteiger partial charge in [0.15, 0.2) is 0 Å². The van der Waals surface area contributed by atoms with Crippen molar-refractivity contribution in [3.63, 3.8) is 0 Å². The van der Waals surface area contributed by atoms with E-state index in [2.05, 4.69) is 10.2 Å². The molecule has 0 aromatic heterocycles. The number of nitrogens with zero attached hydrogens (tertiary/aromatic N) is 1. The van der Waals surface area contributed by atoms with Crippen LogP contribution in [0.4, 0.5) is 0 Å². The molecular formula is C8H14N2O2. The van der Waals surface area contributed by atoms with Crippen LogP contribution in [0.1, 0.15) is 6.42 Å². The van der Waals surface area contributed by atoms with Gasteiger partial charge in [-0.05, 0) is 6.42 Å². The first-order chi connectivity index (χ1) is 5.86. The zero-order valence-electron chi connectivity index (χ0n) is 7.08. The number of carbonyl (C=O) groups is 1. The molecule has 0 saturated carbocycles. The molecule has 1 atom stereocenters. The van der Waals surface area contributed by atoms with Gasteiger partial charge in [0.05, 0.1) is 13.2 Å². The second-order valence-corrected chi connectivity index (χ2v) is 3.34. The Morgan fingerprint density at radius 3 is 3.17 bits per heavy atom. The number of ether oxygens (including phenoxy) is 1. The minimum Gasteiger partial charge on any atom is -0.380 e. The lowest BCUT2D eigenvalue weighted by Gasteiger charge is -2.30. The van der Waals surface area contributed by atoms with Crippen LogP contribution in [0.2, 0.25) is 0 Å². The van der Waals surface area contributed by atoms with Crippen LogP contribution in [0.25, 0.3) is 0 Å². The van der Waals surface area contributed by atoms with Crippen LogP contribution < -0.4 is 5.32 Å². The molecule has 2 heterocycles. The van der Waals surface area contributed by atoms with Gasteiger partial charge in [0, 0.05) is 25.7 Å². The van der Waals surface area contributed by atoms with Crippen LogP contribution in [0.5, 0.6) is 0 Å². The number of nitrogens with one attached hydrogen (secondary N) is 1. The maximum atomic E-state index is 11.0. The van der Waals surface area contributed by atoms with Crippen LogP contribution in [-0.4, -0.2) is 49.7 Å². The lowest BCUT2D eigenvalue weighted by Crippen LogP contribution is -2.51. The molecule has 0 aromatic carbocycles. The number of carbonyl (C=O) groups excluding carboxylic acids is 1. The summed E-state index contributed by atoms with van der Waals surface area (Å²) in [6, 6.07) is 0.482. The average Bonchev–Trinajstić information content (AvgIpc) is 2.56. The molecule has 1 unspecified atom stereocenters. The van der Waals surface area contributed by atoms with Crippen molar-refractivity contribution in [1.82, 2.24) is 10.2 Å². The molecule has 0 aliphatic carbocycles. The Balaban J connectivity index is 1.89. The molecule has 2 fully saturated rings. The zero-order valence-corrected chi connectivity index (χ0v) is 7.08. The third kappa shape index (κ3) is 1.59. The average molecular weight is 170 g/mol. The Morgan fingerprint density at radius 1 is 1.58 bits per heavy atom. The molecule has 4 nitrogen and oxygen atoms in total. The maximum absolute atomic E-state index is 11.0. The van der Waals surface area contributed by atoms with Crippen LogP contribution >= 0.6 is 0 Å². The Kier molecular flexibility index (Phi) is 2.28. The van der Waals surface area contributed by atoms with Gasteiger partial charge in [0.2, 0.25) is 5.91 Å². The molecule has 2 saturated heterocycles. The fourth-order valence-corrected chi connectivity index (χ4v) is 1.78. The summed E-state index contributed by atoms with van der Waals surface area (Å²) in [4.78, 5) is 13.3. The monoisotopic (exact) mass is 170 g/mol. The molecule has 1 amide bonds. The summed E-state index contributed by atoms with van der Waals surface area (Å²) in [5.74, 6) is 0.146. The summed E-state index contributed by atoms with van der Waals surface area (Å²) in [6.45, 7) is 3.96. The first-order valence-electron chi connectivity index (χ1n) is 4.45. The molecule has 0 spiro atoms. The number of rotatable bonds is 1. The summed E-state index contributed by atoms with van der Waals surface area (Å²) in [5.41, 5.74) is 0. The zero-order chi connectivity index (χ0) is 8.39. The molecule has 12 heavy (non-hydrogen) atoms. The Labute approximate surface area is 71.9 Å². The molecule has 2 aliphatic heterocycles. The van der Waals surface area contributed by atoms with Crippen LogP contribution in [0.3, 0.4) is 0 Å². The van der Waals surface area contributed by atoms with Crippen LogP contribution in [0, 0.1) is 0 Å². The van der Waals surface area contributed by atoms with Gasteiger partial charge in [0.25, 0.3) is 0 Å².